The van der Waals surface area contributed by atoms with Crippen LogP contribution in [-0.2, 0) is 0 Å². The molecule has 0 saturated carbocycles. The van der Waals surface area contributed by atoms with Crippen molar-refractivity contribution in [2.75, 3.05) is 0 Å². The fraction of sp³-hybridized carbons (Fsp3) is 0.143. The zero-order chi connectivity index (χ0) is 8.72. The number of carbonyl (C=O) groups excluding carboxylic acids is 1. The lowest BCUT2D eigenvalue weighted by Crippen LogP contribution is -2.13. The molecule has 2 rings (SSSR count). The highest BCUT2D eigenvalue weighted by atomic mass is 32.1. The van der Waals surface area contributed by atoms with Crippen LogP contribution < -0.4 is 5.73 Å². The molecule has 0 unspecified atom stereocenters. The Morgan fingerprint density at radius 1 is 1.75 bits per heavy atom. The van der Waals surface area contributed by atoms with E-state index in [9.17, 15) is 4.79 Å². The summed E-state index contributed by atoms with van der Waals surface area (Å²) in [6.45, 7) is 1.91. The Bertz CT molecular complexity index is 442. The number of amides is 1. The number of rotatable bonds is 1. The standard InChI is InChI=1S/C7H7N3OS/c1-4-3-12-7-9-2-5(6(8)11)10(4)7/h2-3H,1H3,(H2,8,11). The first-order valence-corrected chi connectivity index (χ1v) is 4.29. The maximum Gasteiger partial charge on any atom is 0.267 e. The van der Waals surface area contributed by atoms with E-state index in [1.54, 1.807) is 4.40 Å². The third-order valence-electron chi connectivity index (χ3n) is 1.67. The summed E-state index contributed by atoms with van der Waals surface area (Å²) in [5.74, 6) is -0.441. The Hall–Kier alpha value is -1.36. The number of carbonyl (C=O) groups is 1. The van der Waals surface area contributed by atoms with E-state index >= 15 is 0 Å². The van der Waals surface area contributed by atoms with Gasteiger partial charge in [-0.3, -0.25) is 9.20 Å². The molecule has 2 aromatic rings. The lowest BCUT2D eigenvalue weighted by molar-refractivity contribution is 0.0994. The van der Waals surface area contributed by atoms with Crippen molar-refractivity contribution in [1.82, 2.24) is 9.38 Å². The molecule has 4 nitrogen and oxygen atoms in total. The van der Waals surface area contributed by atoms with Gasteiger partial charge in [-0.05, 0) is 6.92 Å². The molecule has 0 aliphatic heterocycles. The maximum atomic E-state index is 10.9. The van der Waals surface area contributed by atoms with E-state index < -0.39 is 5.91 Å². The second-order valence-electron chi connectivity index (χ2n) is 2.50. The van der Waals surface area contributed by atoms with Crippen molar-refractivity contribution in [3.63, 3.8) is 0 Å². The first-order valence-electron chi connectivity index (χ1n) is 3.41. The fourth-order valence-corrected chi connectivity index (χ4v) is 1.97. The molecule has 0 atom stereocenters. The second-order valence-corrected chi connectivity index (χ2v) is 3.34. The summed E-state index contributed by atoms with van der Waals surface area (Å²) in [4.78, 5) is 15.7. The molecule has 2 N–H and O–H groups in total. The van der Waals surface area contributed by atoms with Gasteiger partial charge in [0.05, 0.1) is 6.20 Å². The van der Waals surface area contributed by atoms with E-state index in [0.717, 1.165) is 10.7 Å². The lowest BCUT2D eigenvalue weighted by Gasteiger charge is -1.93. The maximum absolute atomic E-state index is 10.9. The van der Waals surface area contributed by atoms with Crippen LogP contribution >= 0.6 is 11.3 Å². The summed E-state index contributed by atoms with van der Waals surface area (Å²) in [5.41, 5.74) is 6.59. The largest absolute Gasteiger partial charge is 0.364 e. The number of aryl methyl sites for hydroxylation is 1. The number of imidazole rings is 1. The van der Waals surface area contributed by atoms with Crippen LogP contribution in [0.4, 0.5) is 0 Å². The van der Waals surface area contributed by atoms with Crippen molar-refractivity contribution >= 4 is 22.2 Å². The third kappa shape index (κ3) is 0.831. The predicted molar refractivity (Wildman–Crippen MR) is 46.3 cm³/mol. The first kappa shape index (κ1) is 7.30. The van der Waals surface area contributed by atoms with Crippen LogP contribution in [0.25, 0.3) is 4.96 Å². The SMILES string of the molecule is Cc1csc2ncc(C(N)=O)n12. The highest BCUT2D eigenvalue weighted by molar-refractivity contribution is 7.15. The van der Waals surface area contributed by atoms with Crippen LogP contribution in [0.2, 0.25) is 0 Å². The van der Waals surface area contributed by atoms with E-state index in [-0.39, 0.29) is 0 Å². The molecule has 0 aliphatic rings. The van der Waals surface area contributed by atoms with Gasteiger partial charge in [0.15, 0.2) is 4.96 Å². The lowest BCUT2D eigenvalue weighted by atomic mass is 10.4. The summed E-state index contributed by atoms with van der Waals surface area (Å²) >= 11 is 1.50. The molecule has 1 amide bonds. The number of thiazole rings is 1. The van der Waals surface area contributed by atoms with Crippen molar-refractivity contribution in [3.8, 4) is 0 Å². The molecule has 0 bridgehead atoms. The molecule has 0 aliphatic carbocycles. The quantitative estimate of drug-likeness (QED) is 0.707. The first-order chi connectivity index (χ1) is 5.70. The minimum atomic E-state index is -0.441. The van der Waals surface area contributed by atoms with E-state index in [2.05, 4.69) is 4.98 Å². The van der Waals surface area contributed by atoms with E-state index in [1.165, 1.54) is 17.5 Å². The summed E-state index contributed by atoms with van der Waals surface area (Å²) < 4.78 is 1.76. The van der Waals surface area contributed by atoms with Gasteiger partial charge in [-0.2, -0.15) is 0 Å². The molecule has 5 heteroatoms. The van der Waals surface area contributed by atoms with Crippen molar-refractivity contribution in [1.29, 1.82) is 0 Å². The molecule has 0 aromatic carbocycles. The molecule has 62 valence electrons. The average molecular weight is 181 g/mol. The number of nitrogens with two attached hydrogens (primary N) is 1. The van der Waals surface area contributed by atoms with Gasteiger partial charge in [0.1, 0.15) is 5.69 Å². The van der Waals surface area contributed by atoms with Crippen molar-refractivity contribution in [3.05, 3.63) is 23.0 Å². The number of primary amides is 1. The van der Waals surface area contributed by atoms with Gasteiger partial charge in [0.25, 0.3) is 5.91 Å². The van der Waals surface area contributed by atoms with Crippen molar-refractivity contribution < 1.29 is 4.79 Å². The molecule has 0 radical (unpaired) electrons. The molecule has 2 heterocycles. The van der Waals surface area contributed by atoms with Crippen LogP contribution in [0.1, 0.15) is 16.2 Å². The Kier molecular flexibility index (Phi) is 1.41. The molecule has 0 spiro atoms. The summed E-state index contributed by atoms with van der Waals surface area (Å²) in [6, 6.07) is 0. The highest BCUT2D eigenvalue weighted by Crippen LogP contribution is 2.16. The zero-order valence-electron chi connectivity index (χ0n) is 6.44. The molecule has 0 saturated heterocycles. The Labute approximate surface area is 72.6 Å². The molecule has 12 heavy (non-hydrogen) atoms. The number of aromatic nitrogens is 2. The molecule has 2 aromatic heterocycles. The normalized spacial score (nSPS) is 10.8. The minimum absolute atomic E-state index is 0.441. The average Bonchev–Trinajstić information content (AvgIpc) is 2.53. The van der Waals surface area contributed by atoms with Gasteiger partial charge in [0, 0.05) is 11.1 Å². The van der Waals surface area contributed by atoms with E-state index in [4.69, 9.17) is 5.73 Å². The summed E-state index contributed by atoms with van der Waals surface area (Å²) in [5, 5.41) is 1.94. The molecular weight excluding hydrogens is 174 g/mol. The van der Waals surface area contributed by atoms with Gasteiger partial charge in [-0.1, -0.05) is 0 Å². The van der Waals surface area contributed by atoms with Crippen LogP contribution in [0.5, 0.6) is 0 Å². The Morgan fingerprint density at radius 3 is 3.17 bits per heavy atom. The fourth-order valence-electron chi connectivity index (χ4n) is 1.12. The smallest absolute Gasteiger partial charge is 0.267 e. The second kappa shape index (κ2) is 2.31. The highest BCUT2D eigenvalue weighted by Gasteiger charge is 2.10. The molecule has 0 fully saturated rings. The molecular formula is C7H7N3OS. The predicted octanol–water partition coefficient (Wildman–Crippen LogP) is 0.803. The minimum Gasteiger partial charge on any atom is -0.364 e. The third-order valence-corrected chi connectivity index (χ3v) is 2.63. The van der Waals surface area contributed by atoms with Crippen LogP contribution in [0.15, 0.2) is 11.6 Å². The monoisotopic (exact) mass is 181 g/mol. The van der Waals surface area contributed by atoms with Gasteiger partial charge in [-0.25, -0.2) is 4.98 Å². The van der Waals surface area contributed by atoms with Gasteiger partial charge in [0.2, 0.25) is 0 Å². The van der Waals surface area contributed by atoms with Gasteiger partial charge in [-0.15, -0.1) is 11.3 Å². The van der Waals surface area contributed by atoms with Crippen LogP contribution in [0.3, 0.4) is 0 Å². The van der Waals surface area contributed by atoms with Crippen molar-refractivity contribution in [2.24, 2.45) is 5.73 Å². The number of fused-ring (bicyclic) bond motifs is 1. The number of hydrogen-bond donors (Lipinski definition) is 1. The topological polar surface area (TPSA) is 60.4 Å². The van der Waals surface area contributed by atoms with E-state index in [1.807, 2.05) is 12.3 Å². The Balaban J connectivity index is 2.83. The van der Waals surface area contributed by atoms with Crippen LogP contribution in [-0.4, -0.2) is 15.3 Å². The zero-order valence-corrected chi connectivity index (χ0v) is 7.26. The summed E-state index contributed by atoms with van der Waals surface area (Å²) in [6.07, 6.45) is 1.50. The van der Waals surface area contributed by atoms with Crippen molar-refractivity contribution in [2.45, 2.75) is 6.92 Å². The van der Waals surface area contributed by atoms with Gasteiger partial charge < -0.3 is 5.73 Å². The van der Waals surface area contributed by atoms with Crippen LogP contribution in [0, 0.1) is 6.92 Å². The van der Waals surface area contributed by atoms with Gasteiger partial charge >= 0.3 is 0 Å². The van der Waals surface area contributed by atoms with E-state index in [0.29, 0.717) is 5.69 Å². The Morgan fingerprint density at radius 2 is 2.50 bits per heavy atom. The number of nitrogens with zero attached hydrogens (tertiary/aromatic N) is 2. The number of hydrogen-bond acceptors (Lipinski definition) is 3. The summed E-state index contributed by atoms with van der Waals surface area (Å²) in [7, 11) is 0.